The van der Waals surface area contributed by atoms with E-state index in [4.69, 9.17) is 4.74 Å². The maximum absolute atomic E-state index is 12.3. The predicted molar refractivity (Wildman–Crippen MR) is 92.0 cm³/mol. The van der Waals surface area contributed by atoms with E-state index in [0.717, 1.165) is 15.6 Å². The Kier molecular flexibility index (Phi) is 5.50. The van der Waals surface area contributed by atoms with Crippen LogP contribution in [0, 0.1) is 30.9 Å². The molecule has 0 aliphatic heterocycles. The lowest BCUT2D eigenvalue weighted by molar-refractivity contribution is -0.385. The Hall–Kier alpha value is -2.48. The topological polar surface area (TPSA) is 94.4 Å². The lowest BCUT2D eigenvalue weighted by Crippen LogP contribution is -2.25. The first-order valence-corrected chi connectivity index (χ1v) is 8.19. The summed E-state index contributed by atoms with van der Waals surface area (Å²) in [6, 6.07) is 2.79. The van der Waals surface area contributed by atoms with Gasteiger partial charge in [0.05, 0.1) is 28.3 Å². The van der Waals surface area contributed by atoms with Crippen molar-refractivity contribution in [2.24, 2.45) is 0 Å². The average molecular weight is 349 g/mol. The molecule has 0 aliphatic rings. The van der Waals surface area contributed by atoms with Crippen molar-refractivity contribution in [3.63, 3.8) is 0 Å². The summed E-state index contributed by atoms with van der Waals surface area (Å²) in [5, 5.41) is 14.9. The monoisotopic (exact) mass is 349 g/mol. The molecule has 1 amide bonds. The van der Waals surface area contributed by atoms with Crippen LogP contribution in [0.1, 0.15) is 31.5 Å². The molecule has 0 bridgehead atoms. The van der Waals surface area contributed by atoms with Gasteiger partial charge in [-0.1, -0.05) is 0 Å². The van der Waals surface area contributed by atoms with Gasteiger partial charge in [0.2, 0.25) is 0 Å². The number of nitrogens with one attached hydrogen (secondary N) is 1. The number of methoxy groups -OCH3 is 1. The van der Waals surface area contributed by atoms with E-state index in [-0.39, 0.29) is 17.2 Å². The number of hydrogen-bond acceptors (Lipinski definition) is 6. The number of carbonyl (C=O) groups is 1. The minimum atomic E-state index is -0.516. The zero-order chi connectivity index (χ0) is 17.9. The second-order valence-electron chi connectivity index (χ2n) is 5.33. The van der Waals surface area contributed by atoms with Crippen LogP contribution in [0.3, 0.4) is 0 Å². The van der Waals surface area contributed by atoms with Gasteiger partial charge in [-0.25, -0.2) is 4.98 Å². The molecule has 0 saturated heterocycles. The summed E-state index contributed by atoms with van der Waals surface area (Å²) in [6.45, 7) is 5.91. The highest BCUT2D eigenvalue weighted by Gasteiger charge is 2.19. The van der Waals surface area contributed by atoms with Crippen molar-refractivity contribution >= 4 is 22.9 Å². The van der Waals surface area contributed by atoms with Crippen LogP contribution >= 0.6 is 11.3 Å². The Morgan fingerprint density at radius 3 is 2.62 bits per heavy atom. The number of hydrogen-bond donors (Lipinski definition) is 1. The zero-order valence-corrected chi connectivity index (χ0v) is 14.8. The van der Waals surface area contributed by atoms with E-state index in [1.807, 2.05) is 13.8 Å². The quantitative estimate of drug-likeness (QED) is 0.639. The number of carbonyl (C=O) groups excluding carboxylic acids is 1. The van der Waals surface area contributed by atoms with Gasteiger partial charge in [-0.05, 0) is 26.8 Å². The Morgan fingerprint density at radius 2 is 2.08 bits per heavy atom. The maximum atomic E-state index is 12.3. The summed E-state index contributed by atoms with van der Waals surface area (Å²) in [7, 11) is 1.42. The van der Waals surface area contributed by atoms with Gasteiger partial charge in [-0.3, -0.25) is 14.9 Å². The molecule has 1 N–H and O–H groups in total. The van der Waals surface area contributed by atoms with Crippen molar-refractivity contribution in [1.82, 2.24) is 10.3 Å². The van der Waals surface area contributed by atoms with Gasteiger partial charge in [0.1, 0.15) is 5.75 Å². The summed E-state index contributed by atoms with van der Waals surface area (Å²) in [4.78, 5) is 28.3. The van der Waals surface area contributed by atoms with Crippen LogP contribution < -0.4 is 10.1 Å². The number of thiazole rings is 1. The second kappa shape index (κ2) is 7.39. The number of benzene rings is 1. The van der Waals surface area contributed by atoms with Crippen molar-refractivity contribution in [3.8, 4) is 5.75 Å². The molecule has 24 heavy (non-hydrogen) atoms. The minimum absolute atomic E-state index is 0.131. The standard InChI is InChI=1S/C16H19N3O4S/c1-9-13(19(21)22)7-12(8-14(9)23-4)16(20)17-6-5-15-10(2)18-11(3)24-15/h7-8H,5-6H2,1-4H3,(H,17,20). The maximum Gasteiger partial charge on any atom is 0.276 e. The van der Waals surface area contributed by atoms with Crippen LogP contribution in [0.5, 0.6) is 5.75 Å². The SMILES string of the molecule is COc1cc(C(=O)NCCc2sc(C)nc2C)cc([N+](=O)[O-])c1C. The van der Waals surface area contributed by atoms with Crippen molar-refractivity contribution in [1.29, 1.82) is 0 Å². The molecule has 7 nitrogen and oxygen atoms in total. The fourth-order valence-corrected chi connectivity index (χ4v) is 3.34. The van der Waals surface area contributed by atoms with Gasteiger partial charge in [0, 0.05) is 29.5 Å². The van der Waals surface area contributed by atoms with E-state index < -0.39 is 4.92 Å². The van der Waals surface area contributed by atoms with Crippen LogP contribution in [-0.2, 0) is 6.42 Å². The first-order valence-electron chi connectivity index (χ1n) is 7.37. The normalized spacial score (nSPS) is 10.5. The number of rotatable bonds is 6. The van der Waals surface area contributed by atoms with Crippen molar-refractivity contribution in [3.05, 3.63) is 49.0 Å². The highest BCUT2D eigenvalue weighted by molar-refractivity contribution is 7.11. The molecule has 128 valence electrons. The zero-order valence-electron chi connectivity index (χ0n) is 14.0. The summed E-state index contributed by atoms with van der Waals surface area (Å²) >= 11 is 1.60. The molecular formula is C16H19N3O4S. The summed E-state index contributed by atoms with van der Waals surface area (Å²) in [5.74, 6) is -0.0430. The predicted octanol–water partition coefficient (Wildman–Crippen LogP) is 2.96. The molecule has 0 radical (unpaired) electrons. The minimum Gasteiger partial charge on any atom is -0.496 e. The fraction of sp³-hybridized carbons (Fsp3) is 0.375. The number of nitrogens with zero attached hydrogens (tertiary/aromatic N) is 2. The van der Waals surface area contributed by atoms with E-state index in [1.165, 1.54) is 19.2 Å². The van der Waals surface area contributed by atoms with E-state index in [0.29, 0.717) is 24.3 Å². The Labute approximate surface area is 143 Å². The lowest BCUT2D eigenvalue weighted by atomic mass is 10.1. The molecule has 0 spiro atoms. The van der Waals surface area contributed by atoms with E-state index >= 15 is 0 Å². The number of nitro groups is 1. The molecule has 1 aromatic carbocycles. The van der Waals surface area contributed by atoms with Gasteiger partial charge in [-0.15, -0.1) is 11.3 Å². The smallest absolute Gasteiger partial charge is 0.276 e. The van der Waals surface area contributed by atoms with E-state index in [1.54, 1.807) is 18.3 Å². The highest BCUT2D eigenvalue weighted by atomic mass is 32.1. The molecule has 0 atom stereocenters. The number of aromatic nitrogens is 1. The third-order valence-corrected chi connectivity index (χ3v) is 4.78. The molecule has 1 heterocycles. The molecule has 1 aromatic heterocycles. The summed E-state index contributed by atoms with van der Waals surface area (Å²) in [5.41, 5.74) is 1.45. The lowest BCUT2D eigenvalue weighted by Gasteiger charge is -2.09. The summed E-state index contributed by atoms with van der Waals surface area (Å²) < 4.78 is 5.13. The first kappa shape index (κ1) is 17.9. The van der Waals surface area contributed by atoms with Crippen molar-refractivity contribution in [2.45, 2.75) is 27.2 Å². The van der Waals surface area contributed by atoms with E-state index in [2.05, 4.69) is 10.3 Å². The van der Waals surface area contributed by atoms with Gasteiger partial charge in [0.15, 0.2) is 0 Å². The molecule has 0 fully saturated rings. The van der Waals surface area contributed by atoms with Gasteiger partial charge >= 0.3 is 0 Å². The van der Waals surface area contributed by atoms with Crippen molar-refractivity contribution in [2.75, 3.05) is 13.7 Å². The number of aryl methyl sites for hydroxylation is 2. The van der Waals surface area contributed by atoms with Crippen LogP contribution in [0.25, 0.3) is 0 Å². The van der Waals surface area contributed by atoms with Gasteiger partial charge in [0.25, 0.3) is 11.6 Å². The highest BCUT2D eigenvalue weighted by Crippen LogP contribution is 2.29. The fourth-order valence-electron chi connectivity index (χ4n) is 2.40. The molecule has 2 rings (SSSR count). The number of ether oxygens (including phenoxy) is 1. The van der Waals surface area contributed by atoms with Crippen LogP contribution in [-0.4, -0.2) is 29.5 Å². The van der Waals surface area contributed by atoms with Gasteiger partial charge < -0.3 is 10.1 Å². The van der Waals surface area contributed by atoms with Crippen LogP contribution in [0.4, 0.5) is 5.69 Å². The van der Waals surface area contributed by atoms with Crippen LogP contribution in [0.15, 0.2) is 12.1 Å². The summed E-state index contributed by atoms with van der Waals surface area (Å²) in [6.07, 6.45) is 0.675. The Balaban J connectivity index is 2.10. The van der Waals surface area contributed by atoms with E-state index in [9.17, 15) is 14.9 Å². The number of nitro benzene ring substituents is 1. The Bertz CT molecular complexity index is 786. The van der Waals surface area contributed by atoms with Crippen molar-refractivity contribution < 1.29 is 14.5 Å². The molecule has 0 saturated carbocycles. The molecular weight excluding hydrogens is 330 g/mol. The third-order valence-electron chi connectivity index (χ3n) is 3.65. The van der Waals surface area contributed by atoms with Crippen LogP contribution in [0.2, 0.25) is 0 Å². The average Bonchev–Trinajstić information content (AvgIpc) is 2.84. The first-order chi connectivity index (χ1) is 11.3. The molecule has 2 aromatic rings. The third kappa shape index (κ3) is 3.88. The largest absolute Gasteiger partial charge is 0.496 e. The van der Waals surface area contributed by atoms with Gasteiger partial charge in [-0.2, -0.15) is 0 Å². The Morgan fingerprint density at radius 1 is 1.38 bits per heavy atom. The molecule has 0 unspecified atom stereocenters. The molecule has 8 heteroatoms. The second-order valence-corrected chi connectivity index (χ2v) is 6.61. The molecule has 0 aliphatic carbocycles. The number of amides is 1.